The van der Waals surface area contributed by atoms with E-state index in [4.69, 9.17) is 0 Å². The SMILES string of the molecule is CCc1ccc(N(CC(=O)N(Cc2ccccc2F)[C@@H](Cc2ccccc2)C(=O)NC2CCCC2)S(=O)(=O)c2ccccc2)cc1. The zero-order valence-electron chi connectivity index (χ0n) is 26.0. The fourth-order valence-corrected chi connectivity index (χ4v) is 7.31. The minimum atomic E-state index is -4.20. The highest BCUT2D eigenvalue weighted by Crippen LogP contribution is 2.26. The fourth-order valence-electron chi connectivity index (χ4n) is 5.88. The van der Waals surface area contributed by atoms with Crippen LogP contribution in [0.25, 0.3) is 0 Å². The number of halogens is 1. The van der Waals surface area contributed by atoms with E-state index in [1.54, 1.807) is 48.5 Å². The fraction of sp³-hybridized carbons (Fsp3) is 0.297. The van der Waals surface area contributed by atoms with Gasteiger partial charge in [-0.1, -0.05) is 98.6 Å². The number of carbonyl (C=O) groups is 2. The van der Waals surface area contributed by atoms with Gasteiger partial charge in [0, 0.05) is 24.6 Å². The molecule has 1 aliphatic rings. The molecule has 0 saturated heterocycles. The summed E-state index contributed by atoms with van der Waals surface area (Å²) < 4.78 is 44.4. The number of hydrogen-bond acceptors (Lipinski definition) is 4. The van der Waals surface area contributed by atoms with E-state index < -0.39 is 34.3 Å². The van der Waals surface area contributed by atoms with Gasteiger partial charge in [-0.2, -0.15) is 0 Å². The number of amides is 2. The Labute approximate surface area is 271 Å². The highest BCUT2D eigenvalue weighted by atomic mass is 32.2. The van der Waals surface area contributed by atoms with Crippen molar-refractivity contribution in [2.45, 2.75) is 69.0 Å². The summed E-state index contributed by atoms with van der Waals surface area (Å²) in [5, 5.41) is 3.13. The molecule has 4 aromatic rings. The van der Waals surface area contributed by atoms with E-state index in [0.29, 0.717) is 5.69 Å². The number of benzene rings is 4. The number of sulfonamides is 1. The van der Waals surface area contributed by atoms with E-state index in [2.05, 4.69) is 5.32 Å². The van der Waals surface area contributed by atoms with Crippen LogP contribution in [0.5, 0.6) is 0 Å². The molecule has 7 nitrogen and oxygen atoms in total. The van der Waals surface area contributed by atoms with Gasteiger partial charge in [-0.15, -0.1) is 0 Å². The van der Waals surface area contributed by atoms with E-state index in [1.807, 2.05) is 49.4 Å². The van der Waals surface area contributed by atoms with Gasteiger partial charge in [-0.05, 0) is 60.7 Å². The van der Waals surface area contributed by atoms with Crippen LogP contribution in [-0.2, 0) is 39.0 Å². The Morgan fingerprint density at radius 1 is 0.826 bits per heavy atom. The van der Waals surface area contributed by atoms with Crippen molar-refractivity contribution in [1.82, 2.24) is 10.2 Å². The maximum Gasteiger partial charge on any atom is 0.264 e. The van der Waals surface area contributed by atoms with Crippen LogP contribution in [-0.4, -0.2) is 43.8 Å². The molecule has 1 atom stereocenters. The van der Waals surface area contributed by atoms with Crippen LogP contribution in [0.4, 0.5) is 10.1 Å². The summed E-state index contributed by atoms with van der Waals surface area (Å²) in [6, 6.07) is 29.4. The van der Waals surface area contributed by atoms with Crippen molar-refractivity contribution in [2.75, 3.05) is 10.8 Å². The van der Waals surface area contributed by atoms with Gasteiger partial charge in [0.05, 0.1) is 10.6 Å². The molecular formula is C37H40FN3O4S. The number of hydrogen-bond donors (Lipinski definition) is 1. The predicted molar refractivity (Wildman–Crippen MR) is 178 cm³/mol. The Morgan fingerprint density at radius 2 is 1.43 bits per heavy atom. The molecule has 0 spiro atoms. The van der Waals surface area contributed by atoms with Crippen molar-refractivity contribution < 1.29 is 22.4 Å². The van der Waals surface area contributed by atoms with Crippen molar-refractivity contribution in [3.63, 3.8) is 0 Å². The minimum Gasteiger partial charge on any atom is -0.352 e. The van der Waals surface area contributed by atoms with Gasteiger partial charge in [0.25, 0.3) is 10.0 Å². The van der Waals surface area contributed by atoms with Gasteiger partial charge in [0.2, 0.25) is 11.8 Å². The lowest BCUT2D eigenvalue weighted by Gasteiger charge is -2.34. The molecule has 5 rings (SSSR count). The number of anilines is 1. The molecule has 1 aliphatic carbocycles. The second-order valence-electron chi connectivity index (χ2n) is 11.7. The van der Waals surface area contributed by atoms with Crippen LogP contribution in [0.15, 0.2) is 114 Å². The van der Waals surface area contributed by atoms with Crippen LogP contribution in [0.1, 0.15) is 49.3 Å². The standard InChI is InChI=1S/C37H40FN3O4S/c1-2-28-21-23-32(24-22-28)41(46(44,45)33-18-7-4-8-19-33)27-36(42)40(26-30-15-9-12-20-34(30)38)35(25-29-13-5-3-6-14-29)37(43)39-31-16-10-11-17-31/h3-9,12-15,18-24,31,35H,2,10-11,16-17,25-27H2,1H3,(H,39,43)/t35-/m0/s1. The number of carbonyl (C=O) groups excluding carboxylic acids is 2. The average Bonchev–Trinajstić information content (AvgIpc) is 3.60. The number of aryl methyl sites for hydroxylation is 1. The first-order valence-corrected chi connectivity index (χ1v) is 17.2. The molecule has 0 aliphatic heterocycles. The van der Waals surface area contributed by atoms with Crippen molar-refractivity contribution in [2.24, 2.45) is 0 Å². The van der Waals surface area contributed by atoms with Gasteiger partial charge in [-0.3, -0.25) is 13.9 Å². The molecule has 1 saturated carbocycles. The second-order valence-corrected chi connectivity index (χ2v) is 13.5. The zero-order valence-corrected chi connectivity index (χ0v) is 26.8. The molecule has 0 unspecified atom stereocenters. The smallest absolute Gasteiger partial charge is 0.264 e. The van der Waals surface area contributed by atoms with Crippen molar-refractivity contribution in [1.29, 1.82) is 0 Å². The number of nitrogens with zero attached hydrogens (tertiary/aromatic N) is 2. The Balaban J connectivity index is 1.56. The Bertz CT molecular complexity index is 1710. The van der Waals surface area contributed by atoms with Crippen molar-refractivity contribution in [3.8, 4) is 0 Å². The molecule has 1 fully saturated rings. The summed E-state index contributed by atoms with van der Waals surface area (Å²) >= 11 is 0. The summed E-state index contributed by atoms with van der Waals surface area (Å²) in [5.41, 5.74) is 2.38. The monoisotopic (exact) mass is 641 g/mol. The van der Waals surface area contributed by atoms with E-state index >= 15 is 4.39 Å². The molecule has 0 aromatic heterocycles. The largest absolute Gasteiger partial charge is 0.352 e. The van der Waals surface area contributed by atoms with Gasteiger partial charge in [-0.25, -0.2) is 12.8 Å². The van der Waals surface area contributed by atoms with Crippen LogP contribution in [0.2, 0.25) is 0 Å². The molecule has 0 bridgehead atoms. The highest BCUT2D eigenvalue weighted by Gasteiger charge is 2.35. The zero-order chi connectivity index (χ0) is 32.5. The summed E-state index contributed by atoms with van der Waals surface area (Å²) in [7, 11) is -4.20. The van der Waals surface area contributed by atoms with Crippen LogP contribution in [0.3, 0.4) is 0 Å². The van der Waals surface area contributed by atoms with Crippen LogP contribution < -0.4 is 9.62 Å². The number of nitrogens with one attached hydrogen (secondary N) is 1. The van der Waals surface area contributed by atoms with Gasteiger partial charge < -0.3 is 10.2 Å². The predicted octanol–water partition coefficient (Wildman–Crippen LogP) is 6.28. The quantitative estimate of drug-likeness (QED) is 0.186. The molecule has 0 heterocycles. The summed E-state index contributed by atoms with van der Waals surface area (Å²) in [6.07, 6.45) is 4.66. The number of rotatable bonds is 13. The molecule has 240 valence electrons. The molecule has 46 heavy (non-hydrogen) atoms. The summed E-state index contributed by atoms with van der Waals surface area (Å²) in [5.74, 6) is -1.48. The third kappa shape index (κ3) is 8.01. The Hall–Kier alpha value is -4.50. The van der Waals surface area contributed by atoms with Crippen molar-refractivity contribution >= 4 is 27.5 Å². The Kier molecular flexibility index (Phi) is 10.9. The van der Waals surface area contributed by atoms with E-state index in [0.717, 1.165) is 47.5 Å². The average molecular weight is 642 g/mol. The highest BCUT2D eigenvalue weighted by molar-refractivity contribution is 7.92. The van der Waals surface area contributed by atoms with E-state index in [-0.39, 0.29) is 35.4 Å². The van der Waals surface area contributed by atoms with Crippen LogP contribution in [0, 0.1) is 5.82 Å². The molecule has 0 radical (unpaired) electrons. The first kappa shape index (κ1) is 32.9. The summed E-state index contributed by atoms with van der Waals surface area (Å²) in [4.78, 5) is 29.9. The summed E-state index contributed by atoms with van der Waals surface area (Å²) in [6.45, 7) is 1.20. The van der Waals surface area contributed by atoms with Crippen LogP contribution >= 0.6 is 0 Å². The van der Waals surface area contributed by atoms with E-state index in [1.165, 1.54) is 23.1 Å². The molecular weight excluding hydrogens is 601 g/mol. The van der Waals surface area contributed by atoms with Crippen molar-refractivity contribution in [3.05, 3.63) is 132 Å². The lowest BCUT2D eigenvalue weighted by molar-refractivity contribution is -0.140. The first-order chi connectivity index (χ1) is 22.3. The third-order valence-electron chi connectivity index (χ3n) is 8.51. The molecule has 2 amide bonds. The normalized spacial score (nSPS) is 14.0. The van der Waals surface area contributed by atoms with Gasteiger partial charge >= 0.3 is 0 Å². The molecule has 9 heteroatoms. The van der Waals surface area contributed by atoms with Gasteiger partial charge in [0.15, 0.2) is 0 Å². The Morgan fingerprint density at radius 3 is 2.07 bits per heavy atom. The second kappa shape index (κ2) is 15.2. The van der Waals surface area contributed by atoms with Gasteiger partial charge in [0.1, 0.15) is 18.4 Å². The lowest BCUT2D eigenvalue weighted by Crippen LogP contribution is -2.54. The molecule has 4 aromatic carbocycles. The molecule has 1 N–H and O–H groups in total. The lowest BCUT2D eigenvalue weighted by atomic mass is 10.0. The minimum absolute atomic E-state index is 0.0109. The maximum atomic E-state index is 15.1. The maximum absolute atomic E-state index is 15.1. The van der Waals surface area contributed by atoms with E-state index in [9.17, 15) is 18.0 Å². The third-order valence-corrected chi connectivity index (χ3v) is 10.3. The topological polar surface area (TPSA) is 86.8 Å². The first-order valence-electron chi connectivity index (χ1n) is 15.8.